The Bertz CT molecular complexity index is 313. The van der Waals surface area contributed by atoms with Gasteiger partial charge in [0.25, 0.3) is 0 Å². The number of fused-ring (bicyclic) bond motifs is 1. The molecule has 1 aromatic rings. The topological polar surface area (TPSA) is 26.3 Å². The molecular formula is C7H4FIO2. The van der Waals surface area contributed by atoms with Gasteiger partial charge in [0.1, 0.15) is 0 Å². The number of hydrogen-bond acceptors (Lipinski definition) is 2. The average molecular weight is 266 g/mol. The Hall–Kier alpha value is -0.650. The molecule has 0 radical (unpaired) electrons. The van der Waals surface area contributed by atoms with Crippen molar-refractivity contribution in [2.75, 3.05) is 0 Å². The molecule has 58 valence electrons. The van der Waals surface area contributed by atoms with Gasteiger partial charge in [-0.25, -0.2) is 0 Å². The predicted octanol–water partition coefficient (Wildman–Crippen LogP) is 2.33. The van der Waals surface area contributed by atoms with Crippen LogP contribution in [-0.4, -0.2) is 5.97 Å². The molecule has 0 aliphatic carbocycles. The average Bonchev–Trinajstić information content (AvgIpc) is 2.30. The van der Waals surface area contributed by atoms with E-state index in [9.17, 15) is 7.65 Å². The van der Waals surface area contributed by atoms with Gasteiger partial charge in [-0.15, -0.1) is 0 Å². The second-order valence-corrected chi connectivity index (χ2v) is 4.83. The van der Waals surface area contributed by atoms with Gasteiger partial charge >= 0.3 is 70.9 Å². The number of benzene rings is 1. The molecule has 0 saturated heterocycles. The van der Waals surface area contributed by atoms with Crippen LogP contribution in [0.5, 0.6) is 0 Å². The van der Waals surface area contributed by atoms with Crippen LogP contribution in [0.1, 0.15) is 10.4 Å². The zero-order valence-electron chi connectivity index (χ0n) is 5.38. The Morgan fingerprint density at radius 2 is 2.09 bits per heavy atom. The summed E-state index contributed by atoms with van der Waals surface area (Å²) < 4.78 is 17.9. The molecule has 0 N–H and O–H groups in total. The summed E-state index contributed by atoms with van der Waals surface area (Å²) >= 11 is -3.02. The van der Waals surface area contributed by atoms with Gasteiger partial charge in [0.05, 0.1) is 0 Å². The summed E-state index contributed by atoms with van der Waals surface area (Å²) in [7, 11) is 0. The second kappa shape index (κ2) is 2.44. The van der Waals surface area contributed by atoms with Gasteiger partial charge in [0.15, 0.2) is 0 Å². The first-order chi connectivity index (χ1) is 5.29. The fraction of sp³-hybridized carbons (Fsp3) is 0. The summed E-state index contributed by atoms with van der Waals surface area (Å²) in [6.07, 6.45) is 0. The molecule has 1 aromatic carbocycles. The minimum absolute atomic E-state index is 0.403. The van der Waals surface area contributed by atoms with Crippen LogP contribution in [0.25, 0.3) is 0 Å². The predicted molar refractivity (Wildman–Crippen MR) is 45.7 cm³/mol. The molecule has 0 amide bonds. The minimum atomic E-state index is -3.02. The third-order valence-electron chi connectivity index (χ3n) is 1.39. The van der Waals surface area contributed by atoms with Gasteiger partial charge in [-0.3, -0.25) is 0 Å². The van der Waals surface area contributed by atoms with E-state index in [0.717, 1.165) is 0 Å². The second-order valence-electron chi connectivity index (χ2n) is 2.05. The van der Waals surface area contributed by atoms with E-state index in [-0.39, 0.29) is 0 Å². The van der Waals surface area contributed by atoms with Crippen molar-refractivity contribution in [3.63, 3.8) is 0 Å². The van der Waals surface area contributed by atoms with E-state index in [2.05, 4.69) is 3.07 Å². The van der Waals surface area contributed by atoms with Crippen molar-refractivity contribution < 1.29 is 10.7 Å². The monoisotopic (exact) mass is 266 g/mol. The van der Waals surface area contributed by atoms with E-state index in [1.807, 2.05) is 0 Å². The maximum atomic E-state index is 12.9. The van der Waals surface area contributed by atoms with Crippen LogP contribution in [0, 0.1) is 3.57 Å². The molecule has 2 rings (SSSR count). The Kier molecular flexibility index (Phi) is 1.56. The van der Waals surface area contributed by atoms with Crippen molar-refractivity contribution in [2.45, 2.75) is 0 Å². The third-order valence-corrected chi connectivity index (χ3v) is 4.03. The number of halogens is 2. The molecule has 2 nitrogen and oxygen atoms in total. The van der Waals surface area contributed by atoms with E-state index in [1.165, 1.54) is 0 Å². The first kappa shape index (κ1) is 7.02. The van der Waals surface area contributed by atoms with Gasteiger partial charge in [-0.1, -0.05) is 0 Å². The van der Waals surface area contributed by atoms with E-state index in [0.29, 0.717) is 9.13 Å². The third kappa shape index (κ3) is 1.01. The van der Waals surface area contributed by atoms with Crippen molar-refractivity contribution in [3.8, 4) is 0 Å². The molecule has 1 aliphatic heterocycles. The van der Waals surface area contributed by atoms with Gasteiger partial charge in [-0.2, -0.15) is 0 Å². The zero-order chi connectivity index (χ0) is 7.84. The quantitative estimate of drug-likeness (QED) is 0.673. The summed E-state index contributed by atoms with van der Waals surface area (Å²) in [4.78, 5) is 10.9. The van der Waals surface area contributed by atoms with E-state index in [4.69, 9.17) is 0 Å². The molecular weight excluding hydrogens is 262 g/mol. The van der Waals surface area contributed by atoms with Crippen molar-refractivity contribution >= 4 is 26.8 Å². The zero-order valence-corrected chi connectivity index (χ0v) is 7.54. The summed E-state index contributed by atoms with van der Waals surface area (Å²) in [6.45, 7) is 0. The van der Waals surface area contributed by atoms with Crippen LogP contribution < -0.4 is 0 Å². The molecule has 4 heteroatoms. The van der Waals surface area contributed by atoms with Crippen molar-refractivity contribution in [1.29, 1.82) is 0 Å². The first-order valence-corrected chi connectivity index (χ1v) is 5.75. The standard InChI is InChI=1S/C7H4FIO2/c8-9-6-4-2-1-3-5(6)7(10)11-9/h1-4H. The molecule has 0 unspecified atom stereocenters. The normalized spacial score (nSPS) is 17.9. The van der Waals surface area contributed by atoms with Gasteiger partial charge in [-0.05, 0) is 0 Å². The van der Waals surface area contributed by atoms with Crippen LogP contribution in [-0.2, 0) is 3.07 Å². The molecule has 0 bridgehead atoms. The Morgan fingerprint density at radius 3 is 2.82 bits per heavy atom. The molecule has 11 heavy (non-hydrogen) atoms. The van der Waals surface area contributed by atoms with Crippen molar-refractivity contribution in [2.24, 2.45) is 0 Å². The Balaban J connectivity index is 2.60. The van der Waals surface area contributed by atoms with Crippen molar-refractivity contribution in [3.05, 3.63) is 33.4 Å². The summed E-state index contributed by atoms with van der Waals surface area (Å²) in [5, 5.41) is 0. The van der Waals surface area contributed by atoms with E-state index in [1.54, 1.807) is 24.3 Å². The van der Waals surface area contributed by atoms with Crippen LogP contribution in [0.3, 0.4) is 0 Å². The van der Waals surface area contributed by atoms with E-state index < -0.39 is 26.8 Å². The molecule has 0 atom stereocenters. The Morgan fingerprint density at radius 1 is 1.36 bits per heavy atom. The number of rotatable bonds is 0. The van der Waals surface area contributed by atoms with Crippen LogP contribution in [0.4, 0.5) is 2.86 Å². The van der Waals surface area contributed by atoms with Gasteiger partial charge < -0.3 is 0 Å². The molecule has 0 fully saturated rings. The van der Waals surface area contributed by atoms with Crippen LogP contribution >= 0.6 is 20.8 Å². The molecule has 0 aromatic heterocycles. The summed E-state index contributed by atoms with van der Waals surface area (Å²) in [5.41, 5.74) is 0.403. The van der Waals surface area contributed by atoms with Gasteiger partial charge in [0.2, 0.25) is 0 Å². The van der Waals surface area contributed by atoms with Crippen LogP contribution in [0.2, 0.25) is 0 Å². The number of carbonyl (C=O) groups excluding carboxylic acids is 1. The first-order valence-electron chi connectivity index (χ1n) is 2.97. The molecule has 0 saturated carbocycles. The summed E-state index contributed by atoms with van der Waals surface area (Å²) in [6, 6.07) is 6.63. The number of hydrogen-bond donors (Lipinski definition) is 0. The fourth-order valence-electron chi connectivity index (χ4n) is 0.901. The maximum absolute atomic E-state index is 12.9. The number of carbonyl (C=O) groups is 1. The van der Waals surface area contributed by atoms with Crippen molar-refractivity contribution in [1.82, 2.24) is 0 Å². The Labute approximate surface area is 71.1 Å². The molecule has 0 spiro atoms. The molecule has 1 heterocycles. The SMILES string of the molecule is O=C1OI(F)c2ccccc21. The fourth-order valence-corrected chi connectivity index (χ4v) is 3.07. The summed E-state index contributed by atoms with van der Waals surface area (Å²) in [5.74, 6) is -0.506. The molecule has 1 aliphatic rings. The van der Waals surface area contributed by atoms with E-state index >= 15 is 0 Å². The van der Waals surface area contributed by atoms with Gasteiger partial charge in [0, 0.05) is 0 Å². The van der Waals surface area contributed by atoms with Crippen LogP contribution in [0.15, 0.2) is 24.3 Å².